The Morgan fingerprint density at radius 3 is 2.23 bits per heavy atom. The van der Waals surface area contributed by atoms with Crippen molar-refractivity contribution in [2.45, 2.75) is 12.6 Å². The van der Waals surface area contributed by atoms with Crippen LogP contribution in [0.25, 0.3) is 0 Å². The number of alkyl halides is 3. The Morgan fingerprint density at radius 2 is 1.68 bits per heavy atom. The number of rotatable bonds is 6. The smallest absolute Gasteiger partial charge is 0.363 e. The monoisotopic (exact) mass is 477 g/mol. The van der Waals surface area contributed by atoms with Crippen LogP contribution in [0.15, 0.2) is 42.5 Å². The summed E-state index contributed by atoms with van der Waals surface area (Å²) < 4.78 is 38.6. The summed E-state index contributed by atoms with van der Waals surface area (Å²) in [6, 6.07) is 9.25. The Kier molecular flexibility index (Phi) is 8.27. The first-order valence-corrected chi connectivity index (χ1v) is 9.64. The number of halogens is 5. The molecular formula is C20H20Cl2F3N3O3. The van der Waals surface area contributed by atoms with E-state index in [0.717, 1.165) is 12.1 Å². The fraction of sp³-hybridized carbons (Fsp3) is 0.350. The summed E-state index contributed by atoms with van der Waals surface area (Å²) >= 11 is 5.82. The van der Waals surface area contributed by atoms with Gasteiger partial charge < -0.3 is 4.90 Å². The number of piperazine rings is 1. The first-order valence-electron chi connectivity index (χ1n) is 9.27. The number of ketones is 1. The van der Waals surface area contributed by atoms with E-state index in [1.165, 1.54) is 0 Å². The van der Waals surface area contributed by atoms with Crippen LogP contribution in [0, 0.1) is 10.1 Å². The standard InChI is InChI=1S/C20H19ClF3N3O3.ClH/c21-16-4-1-14(2-5-16)19(28)7-8-25-9-11-26(12-10-25)17-6-3-15(20(22,23)24)13-18(17)27(29)30;/h1-6,13H,7-12H2;1H. The Morgan fingerprint density at radius 1 is 1.06 bits per heavy atom. The number of benzene rings is 2. The normalized spacial score (nSPS) is 14.8. The van der Waals surface area contributed by atoms with Gasteiger partial charge in [0.1, 0.15) is 5.69 Å². The fourth-order valence-corrected chi connectivity index (χ4v) is 3.49. The zero-order valence-corrected chi connectivity index (χ0v) is 17.8. The molecule has 1 aliphatic heterocycles. The molecule has 1 saturated heterocycles. The second-order valence-corrected chi connectivity index (χ2v) is 7.40. The summed E-state index contributed by atoms with van der Waals surface area (Å²) in [5.74, 6) is -0.00697. The highest BCUT2D eigenvalue weighted by Gasteiger charge is 2.34. The van der Waals surface area contributed by atoms with Crippen molar-refractivity contribution in [2.75, 3.05) is 37.6 Å². The van der Waals surface area contributed by atoms with Crippen LogP contribution in [0.1, 0.15) is 22.3 Å². The van der Waals surface area contributed by atoms with Crippen molar-refractivity contribution in [2.24, 2.45) is 0 Å². The maximum Gasteiger partial charge on any atom is 0.416 e. The van der Waals surface area contributed by atoms with Crippen molar-refractivity contribution in [3.63, 3.8) is 0 Å². The van der Waals surface area contributed by atoms with Crippen molar-refractivity contribution in [1.29, 1.82) is 0 Å². The lowest BCUT2D eigenvalue weighted by Gasteiger charge is -2.35. The van der Waals surface area contributed by atoms with Gasteiger partial charge in [-0.3, -0.25) is 19.8 Å². The Hall–Kier alpha value is -2.36. The third kappa shape index (κ3) is 6.32. The molecule has 0 atom stereocenters. The van der Waals surface area contributed by atoms with Gasteiger partial charge in [0.15, 0.2) is 5.78 Å². The number of anilines is 1. The zero-order chi connectivity index (χ0) is 21.9. The number of hydrogen-bond donors (Lipinski definition) is 0. The first kappa shape index (κ1) is 24.9. The van der Waals surface area contributed by atoms with E-state index in [-0.39, 0.29) is 23.9 Å². The van der Waals surface area contributed by atoms with Gasteiger partial charge in [0.05, 0.1) is 10.5 Å². The van der Waals surface area contributed by atoms with E-state index in [4.69, 9.17) is 11.6 Å². The molecule has 31 heavy (non-hydrogen) atoms. The van der Waals surface area contributed by atoms with E-state index in [2.05, 4.69) is 4.90 Å². The Labute approximate surface area is 188 Å². The van der Waals surface area contributed by atoms with Crippen LogP contribution in [-0.2, 0) is 6.18 Å². The summed E-state index contributed by atoms with van der Waals surface area (Å²) in [5, 5.41) is 11.9. The quantitative estimate of drug-likeness (QED) is 0.329. The van der Waals surface area contributed by atoms with Crippen molar-refractivity contribution in [3.05, 3.63) is 68.7 Å². The molecule has 0 radical (unpaired) electrons. The molecule has 0 spiro atoms. The molecule has 0 aromatic heterocycles. The average molecular weight is 478 g/mol. The maximum atomic E-state index is 12.9. The third-order valence-corrected chi connectivity index (χ3v) is 5.29. The van der Waals surface area contributed by atoms with Gasteiger partial charge in [0.25, 0.3) is 5.69 Å². The van der Waals surface area contributed by atoms with Gasteiger partial charge >= 0.3 is 6.18 Å². The van der Waals surface area contributed by atoms with E-state index in [1.807, 2.05) is 0 Å². The highest BCUT2D eigenvalue weighted by atomic mass is 35.5. The van der Waals surface area contributed by atoms with Crippen molar-refractivity contribution >= 4 is 41.2 Å². The summed E-state index contributed by atoms with van der Waals surface area (Å²) in [4.78, 5) is 26.5. The molecule has 11 heteroatoms. The van der Waals surface area contributed by atoms with Gasteiger partial charge in [0.2, 0.25) is 0 Å². The highest BCUT2D eigenvalue weighted by Crippen LogP contribution is 2.36. The average Bonchev–Trinajstić information content (AvgIpc) is 2.72. The summed E-state index contributed by atoms with van der Waals surface area (Å²) in [5.41, 5.74) is -0.850. The number of nitro benzene ring substituents is 1. The Balaban J connectivity index is 0.00000341. The number of carbonyl (C=O) groups is 1. The van der Waals surface area contributed by atoms with Gasteiger partial charge in [-0.15, -0.1) is 12.4 Å². The summed E-state index contributed by atoms with van der Waals surface area (Å²) in [7, 11) is 0. The van der Waals surface area contributed by atoms with E-state index in [1.54, 1.807) is 29.2 Å². The van der Waals surface area contributed by atoms with E-state index in [0.29, 0.717) is 55.8 Å². The van der Waals surface area contributed by atoms with Crippen LogP contribution in [0.5, 0.6) is 0 Å². The minimum Gasteiger partial charge on any atom is -0.363 e. The number of carbonyl (C=O) groups excluding carboxylic acids is 1. The molecule has 0 aliphatic carbocycles. The molecule has 2 aromatic rings. The SMILES string of the molecule is Cl.O=C(CCN1CCN(c2ccc(C(F)(F)F)cc2[N+](=O)[O-])CC1)c1ccc(Cl)cc1. The van der Waals surface area contributed by atoms with Gasteiger partial charge in [-0.25, -0.2) is 0 Å². The van der Waals surface area contributed by atoms with Crippen LogP contribution >= 0.6 is 24.0 Å². The molecule has 3 rings (SSSR count). The maximum absolute atomic E-state index is 12.9. The molecule has 0 amide bonds. The molecule has 0 bridgehead atoms. The minimum atomic E-state index is -4.64. The number of Topliss-reactive ketones (excluding diaryl/α,β-unsaturated/α-hetero) is 1. The van der Waals surface area contributed by atoms with E-state index in [9.17, 15) is 28.1 Å². The predicted molar refractivity (Wildman–Crippen MR) is 114 cm³/mol. The van der Waals surface area contributed by atoms with Gasteiger partial charge in [-0.2, -0.15) is 13.2 Å². The van der Waals surface area contributed by atoms with Crippen LogP contribution in [0.4, 0.5) is 24.5 Å². The molecular weight excluding hydrogens is 458 g/mol. The third-order valence-electron chi connectivity index (χ3n) is 5.03. The lowest BCUT2D eigenvalue weighted by molar-refractivity contribution is -0.384. The van der Waals surface area contributed by atoms with Crippen LogP contribution in [0.3, 0.4) is 0 Å². The minimum absolute atomic E-state index is 0. The second kappa shape index (κ2) is 10.3. The summed E-state index contributed by atoms with van der Waals surface area (Å²) in [6.45, 7) is 2.46. The number of nitrogens with zero attached hydrogens (tertiary/aromatic N) is 3. The van der Waals surface area contributed by atoms with E-state index < -0.39 is 22.4 Å². The molecule has 168 valence electrons. The summed E-state index contributed by atoms with van der Waals surface area (Å²) in [6.07, 6.45) is -4.32. The molecule has 0 saturated carbocycles. The lowest BCUT2D eigenvalue weighted by Crippen LogP contribution is -2.47. The fourth-order valence-electron chi connectivity index (χ4n) is 3.37. The molecule has 1 aliphatic rings. The van der Waals surface area contributed by atoms with Crippen LogP contribution in [0.2, 0.25) is 5.02 Å². The van der Waals surface area contributed by atoms with Crippen molar-refractivity contribution in [1.82, 2.24) is 4.90 Å². The zero-order valence-electron chi connectivity index (χ0n) is 16.3. The molecule has 6 nitrogen and oxygen atoms in total. The second-order valence-electron chi connectivity index (χ2n) is 6.97. The van der Waals surface area contributed by atoms with Gasteiger partial charge in [0, 0.05) is 55.8 Å². The van der Waals surface area contributed by atoms with Crippen molar-refractivity contribution in [3.8, 4) is 0 Å². The molecule has 0 unspecified atom stereocenters. The predicted octanol–water partition coefficient (Wildman–Crippen LogP) is 5.08. The first-order chi connectivity index (χ1) is 14.1. The topological polar surface area (TPSA) is 66.7 Å². The lowest BCUT2D eigenvalue weighted by atomic mass is 10.1. The van der Waals surface area contributed by atoms with Gasteiger partial charge in [-0.1, -0.05) is 11.6 Å². The molecule has 2 aromatic carbocycles. The molecule has 0 N–H and O–H groups in total. The Bertz CT molecular complexity index is 932. The van der Waals surface area contributed by atoms with E-state index >= 15 is 0 Å². The van der Waals surface area contributed by atoms with Gasteiger partial charge in [-0.05, 0) is 36.4 Å². The largest absolute Gasteiger partial charge is 0.416 e. The molecule has 1 heterocycles. The highest BCUT2D eigenvalue weighted by molar-refractivity contribution is 6.30. The molecule has 1 fully saturated rings. The number of nitro groups is 1. The number of hydrogen-bond acceptors (Lipinski definition) is 5. The van der Waals surface area contributed by atoms with Crippen LogP contribution in [-0.4, -0.2) is 48.3 Å². The van der Waals surface area contributed by atoms with Crippen LogP contribution < -0.4 is 4.90 Å². The van der Waals surface area contributed by atoms with Crippen molar-refractivity contribution < 1.29 is 22.9 Å².